The molecule has 0 saturated heterocycles. The van der Waals surface area contributed by atoms with Gasteiger partial charge in [0.1, 0.15) is 0 Å². The van der Waals surface area contributed by atoms with Crippen LogP contribution in [-0.4, -0.2) is 17.6 Å². The summed E-state index contributed by atoms with van der Waals surface area (Å²) in [6.45, 7) is 12.7. The molecule has 1 rings (SSSR count). The van der Waals surface area contributed by atoms with E-state index >= 15 is 0 Å². The number of aromatic nitrogens is 1. The Morgan fingerprint density at radius 3 is 2.53 bits per heavy atom. The number of pyridine rings is 1. The molecule has 0 saturated carbocycles. The van der Waals surface area contributed by atoms with Crippen molar-refractivity contribution in [2.24, 2.45) is 5.92 Å². The first-order chi connectivity index (χ1) is 9.06. The highest BCUT2D eigenvalue weighted by Crippen LogP contribution is 2.17. The highest BCUT2D eigenvalue weighted by molar-refractivity contribution is 5.25. The van der Waals surface area contributed by atoms with Crippen LogP contribution in [0.15, 0.2) is 12.1 Å². The van der Waals surface area contributed by atoms with Crippen molar-refractivity contribution in [3.8, 4) is 5.88 Å². The van der Waals surface area contributed by atoms with Gasteiger partial charge in [-0.15, -0.1) is 0 Å². The van der Waals surface area contributed by atoms with Gasteiger partial charge >= 0.3 is 0 Å². The van der Waals surface area contributed by atoms with Gasteiger partial charge in [-0.3, -0.25) is 0 Å². The summed E-state index contributed by atoms with van der Waals surface area (Å²) in [6, 6.07) is 4.22. The molecule has 0 bridgehead atoms. The van der Waals surface area contributed by atoms with Gasteiger partial charge < -0.3 is 10.1 Å². The molecule has 0 aromatic carbocycles. The summed E-state index contributed by atoms with van der Waals surface area (Å²) in [4.78, 5) is 4.55. The lowest BCUT2D eigenvalue weighted by Gasteiger charge is -2.18. The fourth-order valence-electron chi connectivity index (χ4n) is 1.70. The monoisotopic (exact) mass is 264 g/mol. The molecular weight excluding hydrogens is 236 g/mol. The molecule has 0 aliphatic carbocycles. The third-order valence-corrected chi connectivity index (χ3v) is 3.28. The summed E-state index contributed by atoms with van der Waals surface area (Å²) in [6.07, 6.45) is 2.28. The van der Waals surface area contributed by atoms with Gasteiger partial charge in [0.15, 0.2) is 0 Å². The van der Waals surface area contributed by atoms with Crippen molar-refractivity contribution in [2.45, 2.75) is 60.1 Å². The molecule has 1 aromatic heterocycles. The second-order valence-electron chi connectivity index (χ2n) is 5.40. The van der Waals surface area contributed by atoms with Gasteiger partial charge in [-0.05, 0) is 43.9 Å². The maximum absolute atomic E-state index is 5.93. The first kappa shape index (κ1) is 16.0. The predicted molar refractivity (Wildman–Crippen MR) is 80.5 cm³/mol. The van der Waals surface area contributed by atoms with Crippen molar-refractivity contribution in [3.05, 3.63) is 23.4 Å². The van der Waals surface area contributed by atoms with Crippen LogP contribution in [0.25, 0.3) is 0 Å². The summed E-state index contributed by atoms with van der Waals surface area (Å²) < 4.78 is 5.93. The first-order valence-electron chi connectivity index (χ1n) is 7.44. The molecule has 3 heteroatoms. The minimum atomic E-state index is 0.191. The Morgan fingerprint density at radius 2 is 1.95 bits per heavy atom. The van der Waals surface area contributed by atoms with Crippen molar-refractivity contribution in [1.29, 1.82) is 0 Å². The Labute approximate surface area is 117 Å². The van der Waals surface area contributed by atoms with Crippen molar-refractivity contribution >= 4 is 0 Å². The van der Waals surface area contributed by atoms with Gasteiger partial charge in [0.05, 0.1) is 6.10 Å². The Kier molecular flexibility index (Phi) is 6.85. The van der Waals surface area contributed by atoms with E-state index in [1.807, 2.05) is 0 Å². The molecule has 1 N–H and O–H groups in total. The summed E-state index contributed by atoms with van der Waals surface area (Å²) in [7, 11) is 0. The van der Waals surface area contributed by atoms with Gasteiger partial charge in [0.25, 0.3) is 0 Å². The van der Waals surface area contributed by atoms with Gasteiger partial charge in [0.2, 0.25) is 5.88 Å². The molecule has 0 aliphatic heterocycles. The zero-order valence-corrected chi connectivity index (χ0v) is 13.0. The van der Waals surface area contributed by atoms with Gasteiger partial charge in [0, 0.05) is 18.3 Å². The van der Waals surface area contributed by atoms with Crippen molar-refractivity contribution in [2.75, 3.05) is 6.54 Å². The fourth-order valence-corrected chi connectivity index (χ4v) is 1.70. The molecule has 3 nitrogen and oxygen atoms in total. The summed E-state index contributed by atoms with van der Waals surface area (Å²) in [5, 5.41) is 3.42. The van der Waals surface area contributed by atoms with Crippen molar-refractivity contribution in [3.63, 3.8) is 0 Å². The highest BCUT2D eigenvalue weighted by Gasteiger charge is 2.11. The molecule has 0 aliphatic rings. The smallest absolute Gasteiger partial charge is 0.214 e. The third kappa shape index (κ3) is 5.60. The van der Waals surface area contributed by atoms with E-state index in [0.29, 0.717) is 5.92 Å². The molecule has 1 unspecified atom stereocenters. The molecule has 0 fully saturated rings. The number of hydrogen-bond acceptors (Lipinski definition) is 3. The Bertz CT molecular complexity index is 377. The standard InChI is InChI=1S/C16H28N2O/c1-6-8-17-11-14-9-15(7-2)18-16(10-14)19-13(5)12(3)4/h9-10,12-13,17H,6-8,11H2,1-5H3. The van der Waals surface area contributed by atoms with Crippen LogP contribution in [-0.2, 0) is 13.0 Å². The number of ether oxygens (including phenoxy) is 1. The molecule has 0 radical (unpaired) electrons. The van der Waals surface area contributed by atoms with Crippen LogP contribution in [0.4, 0.5) is 0 Å². The van der Waals surface area contributed by atoms with E-state index in [2.05, 4.69) is 57.1 Å². The van der Waals surface area contributed by atoms with Crippen LogP contribution < -0.4 is 10.1 Å². The summed E-state index contributed by atoms with van der Waals surface area (Å²) in [5.41, 5.74) is 2.35. The van der Waals surface area contributed by atoms with Gasteiger partial charge in [-0.1, -0.05) is 27.7 Å². The summed E-state index contributed by atoms with van der Waals surface area (Å²) in [5.74, 6) is 1.25. The lowest BCUT2D eigenvalue weighted by Crippen LogP contribution is -2.20. The van der Waals surface area contributed by atoms with E-state index < -0.39 is 0 Å². The van der Waals surface area contributed by atoms with E-state index in [9.17, 15) is 0 Å². The number of nitrogens with one attached hydrogen (secondary N) is 1. The lowest BCUT2D eigenvalue weighted by atomic mass is 10.1. The normalized spacial score (nSPS) is 12.7. The molecule has 19 heavy (non-hydrogen) atoms. The number of rotatable bonds is 8. The molecule has 1 atom stereocenters. The number of nitrogens with zero attached hydrogens (tertiary/aromatic N) is 1. The predicted octanol–water partition coefficient (Wildman–Crippen LogP) is 3.57. The zero-order chi connectivity index (χ0) is 14.3. The lowest BCUT2D eigenvalue weighted by molar-refractivity contribution is 0.163. The van der Waals surface area contributed by atoms with Gasteiger partial charge in [-0.2, -0.15) is 0 Å². The minimum absolute atomic E-state index is 0.191. The van der Waals surface area contributed by atoms with E-state index in [-0.39, 0.29) is 6.10 Å². The molecule has 0 spiro atoms. The minimum Gasteiger partial charge on any atom is -0.474 e. The first-order valence-corrected chi connectivity index (χ1v) is 7.44. The van der Waals surface area contributed by atoms with Crippen LogP contribution in [0.3, 0.4) is 0 Å². The third-order valence-electron chi connectivity index (χ3n) is 3.28. The van der Waals surface area contributed by atoms with Crippen molar-refractivity contribution < 1.29 is 4.74 Å². The van der Waals surface area contributed by atoms with Gasteiger partial charge in [-0.25, -0.2) is 4.98 Å². The molecule has 0 amide bonds. The van der Waals surface area contributed by atoms with Crippen molar-refractivity contribution in [1.82, 2.24) is 10.3 Å². The highest BCUT2D eigenvalue weighted by atomic mass is 16.5. The molecule has 1 aromatic rings. The summed E-state index contributed by atoms with van der Waals surface area (Å²) >= 11 is 0. The van der Waals surface area contributed by atoms with E-state index in [1.54, 1.807) is 0 Å². The largest absolute Gasteiger partial charge is 0.474 e. The van der Waals surface area contributed by atoms with E-state index in [4.69, 9.17) is 4.74 Å². The Morgan fingerprint density at radius 1 is 1.21 bits per heavy atom. The average molecular weight is 264 g/mol. The van der Waals surface area contributed by atoms with Crippen LogP contribution in [0.5, 0.6) is 5.88 Å². The van der Waals surface area contributed by atoms with Crippen LogP contribution in [0, 0.1) is 5.92 Å². The fraction of sp³-hybridized carbons (Fsp3) is 0.688. The quantitative estimate of drug-likeness (QED) is 0.729. The number of aryl methyl sites for hydroxylation is 1. The van der Waals surface area contributed by atoms with Crippen LogP contribution >= 0.6 is 0 Å². The number of hydrogen-bond donors (Lipinski definition) is 1. The van der Waals surface area contributed by atoms with E-state index in [0.717, 1.165) is 37.5 Å². The second kappa shape index (κ2) is 8.16. The second-order valence-corrected chi connectivity index (χ2v) is 5.40. The molecule has 1 heterocycles. The average Bonchev–Trinajstić information content (AvgIpc) is 2.38. The van der Waals surface area contributed by atoms with Crippen LogP contribution in [0.2, 0.25) is 0 Å². The zero-order valence-electron chi connectivity index (χ0n) is 13.0. The molecule has 108 valence electrons. The van der Waals surface area contributed by atoms with E-state index in [1.165, 1.54) is 5.56 Å². The Hall–Kier alpha value is -1.09. The van der Waals surface area contributed by atoms with Crippen LogP contribution in [0.1, 0.15) is 52.3 Å². The maximum atomic E-state index is 5.93. The molecular formula is C16H28N2O. The maximum Gasteiger partial charge on any atom is 0.214 e. The topological polar surface area (TPSA) is 34.2 Å². The SMILES string of the molecule is CCCNCc1cc(CC)nc(OC(C)C(C)C)c1. The Balaban J connectivity index is 2.76.